The van der Waals surface area contributed by atoms with E-state index >= 15 is 0 Å². The number of rotatable bonds is 3. The fraction of sp³-hybridized carbons (Fsp3) is 0.333. The number of hydrogen-bond donors (Lipinski definition) is 1. The van der Waals surface area contributed by atoms with Crippen LogP contribution in [-0.2, 0) is 17.4 Å². The summed E-state index contributed by atoms with van der Waals surface area (Å²) in [5.74, 6) is 0. The zero-order valence-corrected chi connectivity index (χ0v) is 8.52. The molecule has 0 spiro atoms. The predicted molar refractivity (Wildman–Crippen MR) is 52.1 cm³/mol. The van der Waals surface area contributed by atoms with E-state index in [1.54, 1.807) is 6.07 Å². The first-order chi connectivity index (χ1) is 6.19. The molecule has 1 rings (SSSR count). The first kappa shape index (κ1) is 10.1. The number of nitrogens with zero attached hydrogens (tertiary/aromatic N) is 1. The lowest BCUT2D eigenvalue weighted by atomic mass is 10.1. The van der Waals surface area contributed by atoms with Crippen molar-refractivity contribution >= 4 is 11.0 Å². The van der Waals surface area contributed by atoms with E-state index < -0.39 is 11.0 Å². The van der Waals surface area contributed by atoms with Gasteiger partial charge in [-0.1, -0.05) is 29.1 Å². The van der Waals surface area contributed by atoms with Crippen LogP contribution in [0.4, 0.5) is 0 Å². The van der Waals surface area contributed by atoms with E-state index in [1.165, 1.54) is 0 Å². The second kappa shape index (κ2) is 4.28. The monoisotopic (exact) mass is 196 g/mol. The van der Waals surface area contributed by atoms with Crippen LogP contribution in [0.5, 0.6) is 0 Å². The molecule has 0 aliphatic heterocycles. The highest BCUT2D eigenvalue weighted by molar-refractivity contribution is 7.83. The quantitative estimate of drug-likeness (QED) is 0.742. The molecule has 1 aromatic carbocycles. The van der Waals surface area contributed by atoms with Crippen LogP contribution < -0.4 is 0 Å². The zero-order chi connectivity index (χ0) is 9.84. The summed E-state index contributed by atoms with van der Waals surface area (Å²) in [6.45, 7) is 3.99. The average Bonchev–Trinajstić information content (AvgIpc) is 2.16. The summed E-state index contributed by atoms with van der Waals surface area (Å²) in [6, 6.07) is 5.65. The smallest absolute Gasteiger partial charge is 0.191 e. The lowest BCUT2D eigenvalue weighted by Crippen LogP contribution is -1.94. The molecular weight excluding hydrogens is 184 g/mol. The van der Waals surface area contributed by atoms with E-state index in [1.807, 2.05) is 26.0 Å². The van der Waals surface area contributed by atoms with Crippen molar-refractivity contribution in [2.75, 3.05) is 0 Å². The molecule has 13 heavy (non-hydrogen) atoms. The highest BCUT2D eigenvalue weighted by Crippen LogP contribution is 2.16. The maximum absolute atomic E-state index is 11.3. The van der Waals surface area contributed by atoms with Gasteiger partial charge in [0.1, 0.15) is 0 Å². The molecule has 1 N–H and O–H groups in total. The van der Waals surface area contributed by atoms with Gasteiger partial charge in [-0.25, -0.2) is 4.21 Å². The van der Waals surface area contributed by atoms with Crippen molar-refractivity contribution < 1.29 is 4.21 Å². The van der Waals surface area contributed by atoms with Crippen LogP contribution >= 0.6 is 0 Å². The Morgan fingerprint density at radius 3 is 2.77 bits per heavy atom. The van der Waals surface area contributed by atoms with Gasteiger partial charge >= 0.3 is 0 Å². The normalized spacial score (nSPS) is 12.5. The summed E-state index contributed by atoms with van der Waals surface area (Å²) < 4.78 is 14.3. The minimum Gasteiger partial charge on any atom is -0.228 e. The van der Waals surface area contributed by atoms with Crippen molar-refractivity contribution in [3.05, 3.63) is 29.3 Å². The van der Waals surface area contributed by atoms with Gasteiger partial charge < -0.3 is 0 Å². The molecule has 0 fully saturated rings. The predicted octanol–water partition coefficient (Wildman–Crippen LogP) is 2.61. The standard InChI is InChI=1S/C9H12N2OS/c1-3-8-6-7(2)4-5-9(8)13(12)11-10/h4-6,10H,3H2,1-2H3. The number of benzene rings is 1. The fourth-order valence-electron chi connectivity index (χ4n) is 1.20. The van der Waals surface area contributed by atoms with Crippen molar-refractivity contribution in [3.8, 4) is 0 Å². The van der Waals surface area contributed by atoms with Crippen molar-refractivity contribution in [2.45, 2.75) is 25.2 Å². The first-order valence-electron chi connectivity index (χ1n) is 4.08. The Balaban J connectivity index is 3.20. The number of nitrogens with one attached hydrogen (secondary N) is 1. The van der Waals surface area contributed by atoms with Crippen LogP contribution in [0.15, 0.2) is 27.6 Å². The van der Waals surface area contributed by atoms with E-state index in [4.69, 9.17) is 5.53 Å². The van der Waals surface area contributed by atoms with Crippen molar-refractivity contribution in [1.82, 2.24) is 0 Å². The second-order valence-electron chi connectivity index (χ2n) is 2.81. The van der Waals surface area contributed by atoms with Gasteiger partial charge in [-0.15, -0.1) is 0 Å². The minimum absolute atomic E-state index is 0.656. The molecule has 0 radical (unpaired) electrons. The highest BCUT2D eigenvalue weighted by atomic mass is 32.2. The molecule has 4 heteroatoms. The molecule has 3 nitrogen and oxygen atoms in total. The van der Waals surface area contributed by atoms with Gasteiger partial charge in [0, 0.05) is 0 Å². The summed E-state index contributed by atoms with van der Waals surface area (Å²) >= 11 is 0. The number of aryl methyl sites for hydroxylation is 2. The third-order valence-electron chi connectivity index (χ3n) is 1.87. The van der Waals surface area contributed by atoms with Crippen molar-refractivity contribution in [2.24, 2.45) is 4.52 Å². The van der Waals surface area contributed by atoms with Gasteiger partial charge in [-0.2, -0.15) is 5.53 Å². The van der Waals surface area contributed by atoms with E-state index in [0.29, 0.717) is 4.90 Å². The summed E-state index contributed by atoms with van der Waals surface area (Å²) in [6.07, 6.45) is 0.818. The molecule has 0 aliphatic carbocycles. The van der Waals surface area contributed by atoms with E-state index in [0.717, 1.165) is 17.5 Å². The molecule has 0 saturated heterocycles. The lowest BCUT2D eigenvalue weighted by molar-refractivity contribution is 0.681. The molecule has 1 unspecified atom stereocenters. The molecule has 0 aliphatic rings. The molecule has 0 saturated carbocycles. The van der Waals surface area contributed by atoms with Crippen LogP contribution in [0.3, 0.4) is 0 Å². The van der Waals surface area contributed by atoms with Crippen LogP contribution in [0, 0.1) is 12.5 Å². The molecular formula is C9H12N2OS. The fourth-order valence-corrected chi connectivity index (χ4v) is 1.91. The molecule has 0 amide bonds. The Labute approximate surface area is 80.3 Å². The van der Waals surface area contributed by atoms with E-state index in [9.17, 15) is 4.21 Å². The lowest BCUT2D eigenvalue weighted by Gasteiger charge is -2.04. The van der Waals surface area contributed by atoms with Gasteiger partial charge in [-0.3, -0.25) is 0 Å². The third-order valence-corrected chi connectivity index (χ3v) is 2.81. The maximum Gasteiger partial charge on any atom is 0.191 e. The topological polar surface area (TPSA) is 53.3 Å². The Kier molecular flexibility index (Phi) is 3.31. The largest absolute Gasteiger partial charge is 0.228 e. The van der Waals surface area contributed by atoms with E-state index in [2.05, 4.69) is 4.52 Å². The molecule has 1 aromatic rings. The maximum atomic E-state index is 11.3. The van der Waals surface area contributed by atoms with E-state index in [-0.39, 0.29) is 0 Å². The Morgan fingerprint density at radius 1 is 1.54 bits per heavy atom. The summed E-state index contributed by atoms with van der Waals surface area (Å²) in [4.78, 5) is 0.656. The van der Waals surface area contributed by atoms with Gasteiger partial charge in [-0.05, 0) is 25.0 Å². The van der Waals surface area contributed by atoms with Gasteiger partial charge in [0.15, 0.2) is 11.0 Å². The SMILES string of the molecule is CCc1cc(C)ccc1S(=O)N=N. The summed E-state index contributed by atoms with van der Waals surface area (Å²) in [7, 11) is -1.52. The van der Waals surface area contributed by atoms with Crippen LogP contribution in [-0.4, -0.2) is 4.21 Å². The van der Waals surface area contributed by atoms with Crippen LogP contribution in [0.1, 0.15) is 18.1 Å². The molecule has 70 valence electrons. The molecule has 0 heterocycles. The van der Waals surface area contributed by atoms with Crippen LogP contribution in [0.2, 0.25) is 0 Å². The Bertz CT molecular complexity index is 349. The van der Waals surface area contributed by atoms with Gasteiger partial charge in [0.05, 0.1) is 4.90 Å². The Hall–Kier alpha value is -1.03. The highest BCUT2D eigenvalue weighted by Gasteiger charge is 2.07. The van der Waals surface area contributed by atoms with Crippen molar-refractivity contribution in [1.29, 1.82) is 5.53 Å². The molecule has 1 atom stereocenters. The summed E-state index contributed by atoms with van der Waals surface area (Å²) in [5, 5.41) is 0. The zero-order valence-electron chi connectivity index (χ0n) is 7.70. The minimum atomic E-state index is -1.52. The van der Waals surface area contributed by atoms with Crippen molar-refractivity contribution in [3.63, 3.8) is 0 Å². The molecule has 0 aromatic heterocycles. The first-order valence-corrected chi connectivity index (χ1v) is 5.18. The van der Waals surface area contributed by atoms with Gasteiger partial charge in [0.25, 0.3) is 0 Å². The summed E-state index contributed by atoms with van der Waals surface area (Å²) in [5.41, 5.74) is 8.85. The Morgan fingerprint density at radius 2 is 2.23 bits per heavy atom. The van der Waals surface area contributed by atoms with Gasteiger partial charge in [0.2, 0.25) is 0 Å². The van der Waals surface area contributed by atoms with Crippen LogP contribution in [0.25, 0.3) is 0 Å². The molecule has 0 bridgehead atoms. The average molecular weight is 196 g/mol. The second-order valence-corrected chi connectivity index (χ2v) is 3.93. The third kappa shape index (κ3) is 2.21. The number of hydrogen-bond acceptors (Lipinski definition) is 2.